The van der Waals surface area contributed by atoms with Crippen LogP contribution < -0.4 is 5.14 Å². The minimum absolute atomic E-state index is 0.161. The summed E-state index contributed by atoms with van der Waals surface area (Å²) >= 11 is -1.17. The third-order valence-corrected chi connectivity index (χ3v) is 4.76. The molecule has 2 heterocycles. The minimum Gasteiger partial charge on any atom is -0.598 e. The lowest BCUT2D eigenvalue weighted by molar-refractivity contribution is -0.136. The van der Waals surface area contributed by atoms with Crippen LogP contribution in [0, 0.1) is 0 Å². The number of likely N-dealkylation sites (tertiary alicyclic amines) is 2. The van der Waals surface area contributed by atoms with Crippen molar-refractivity contribution in [2.45, 2.75) is 31.1 Å². The van der Waals surface area contributed by atoms with Crippen molar-refractivity contribution in [3.63, 3.8) is 0 Å². The summed E-state index contributed by atoms with van der Waals surface area (Å²) in [6, 6.07) is 0.510. The van der Waals surface area contributed by atoms with E-state index >= 15 is 0 Å². The van der Waals surface area contributed by atoms with Crippen LogP contribution in [0.5, 0.6) is 0 Å². The van der Waals surface area contributed by atoms with Gasteiger partial charge in [0.1, 0.15) is 5.25 Å². The number of hydrogen-bond donors (Lipinski definition) is 1. The first-order chi connectivity index (χ1) is 7.58. The van der Waals surface area contributed by atoms with Crippen LogP contribution in [0.25, 0.3) is 0 Å². The third kappa shape index (κ3) is 2.51. The van der Waals surface area contributed by atoms with Gasteiger partial charge in [0.25, 0.3) is 0 Å². The fourth-order valence-corrected chi connectivity index (χ4v) is 3.09. The molecule has 92 valence electrons. The third-order valence-electron chi connectivity index (χ3n) is 3.63. The zero-order valence-electron chi connectivity index (χ0n) is 9.59. The summed E-state index contributed by atoms with van der Waals surface area (Å²) in [5.41, 5.74) is 0. The maximum absolute atomic E-state index is 11.1. The zero-order valence-corrected chi connectivity index (χ0v) is 10.4. The molecule has 0 aromatic carbocycles. The molecule has 2 aliphatic rings. The summed E-state index contributed by atoms with van der Waals surface area (Å²) in [5, 5.41) is 5.56. The molecule has 0 bridgehead atoms. The Morgan fingerprint density at radius 2 is 1.94 bits per heavy atom. The van der Waals surface area contributed by atoms with Crippen molar-refractivity contribution in [1.29, 1.82) is 0 Å². The number of nitrogens with zero attached hydrogens (tertiary/aromatic N) is 2. The van der Waals surface area contributed by atoms with Gasteiger partial charge in [-0.15, -0.1) is 0 Å². The molecule has 2 saturated heterocycles. The molecule has 1 unspecified atom stereocenters. The molecule has 0 aromatic rings. The van der Waals surface area contributed by atoms with Gasteiger partial charge < -0.3 is 9.45 Å². The van der Waals surface area contributed by atoms with Crippen LogP contribution in [0.3, 0.4) is 0 Å². The van der Waals surface area contributed by atoms with Crippen molar-refractivity contribution in [2.75, 3.05) is 26.2 Å². The summed E-state index contributed by atoms with van der Waals surface area (Å²) in [4.78, 5) is 15.3. The largest absolute Gasteiger partial charge is 0.598 e. The Kier molecular flexibility index (Phi) is 3.73. The molecule has 0 aliphatic carbocycles. The van der Waals surface area contributed by atoms with Gasteiger partial charge in [-0.2, -0.15) is 5.14 Å². The van der Waals surface area contributed by atoms with Crippen LogP contribution in [0.1, 0.15) is 19.8 Å². The van der Waals surface area contributed by atoms with Crippen molar-refractivity contribution in [1.82, 2.24) is 9.80 Å². The predicted molar refractivity (Wildman–Crippen MR) is 63.0 cm³/mol. The average molecular weight is 245 g/mol. The lowest BCUT2D eigenvalue weighted by atomic mass is 10.0. The molecule has 16 heavy (non-hydrogen) atoms. The van der Waals surface area contributed by atoms with E-state index in [1.165, 1.54) is 0 Å². The Morgan fingerprint density at radius 1 is 1.38 bits per heavy atom. The summed E-state index contributed by atoms with van der Waals surface area (Å²) in [7, 11) is 0. The fourth-order valence-electron chi connectivity index (χ4n) is 2.42. The molecule has 0 radical (unpaired) electrons. The lowest BCUT2D eigenvalue weighted by Gasteiger charge is -2.47. The van der Waals surface area contributed by atoms with Crippen LogP contribution in [0.4, 0.5) is 0 Å². The normalized spacial score (nSPS) is 26.6. The average Bonchev–Trinajstić information content (AvgIpc) is 2.15. The Bertz CT molecular complexity index is 261. The number of nitrogens with two attached hydrogens (primary N) is 1. The van der Waals surface area contributed by atoms with Crippen LogP contribution in [0.15, 0.2) is 0 Å². The van der Waals surface area contributed by atoms with Gasteiger partial charge in [-0.1, -0.05) is 0 Å². The molecule has 0 aromatic heterocycles. The maximum Gasteiger partial charge on any atom is 0.219 e. The van der Waals surface area contributed by atoms with E-state index in [0.29, 0.717) is 6.04 Å². The van der Waals surface area contributed by atoms with Crippen molar-refractivity contribution < 1.29 is 9.35 Å². The molecule has 2 N–H and O–H groups in total. The Labute approximate surface area is 99.3 Å². The Morgan fingerprint density at radius 3 is 2.38 bits per heavy atom. The standard InChI is InChI=1S/C10H19N3O2S/c1-8(14)13-6-9(7-13)12-4-2-10(3-5-12)16(11)15/h9-10H,2-7,11H2,1H3. The molecule has 0 saturated carbocycles. The molecule has 2 rings (SSSR count). The number of carbonyl (C=O) groups excluding carboxylic acids is 1. The van der Waals surface area contributed by atoms with Gasteiger partial charge in [0, 0.05) is 63.3 Å². The summed E-state index contributed by atoms with van der Waals surface area (Å²) in [6.07, 6.45) is 1.83. The minimum atomic E-state index is -1.17. The van der Waals surface area contributed by atoms with Gasteiger partial charge in [-0.05, 0) is 0 Å². The van der Waals surface area contributed by atoms with E-state index in [-0.39, 0.29) is 11.2 Å². The zero-order chi connectivity index (χ0) is 11.7. The van der Waals surface area contributed by atoms with Crippen molar-refractivity contribution in [3.8, 4) is 0 Å². The smallest absolute Gasteiger partial charge is 0.219 e. The van der Waals surface area contributed by atoms with Gasteiger partial charge in [0.05, 0.1) is 0 Å². The molecule has 6 heteroatoms. The second kappa shape index (κ2) is 4.91. The fraction of sp³-hybridized carbons (Fsp3) is 0.900. The van der Waals surface area contributed by atoms with E-state index in [1.54, 1.807) is 6.92 Å². The van der Waals surface area contributed by atoms with Crippen LogP contribution in [0.2, 0.25) is 0 Å². The monoisotopic (exact) mass is 245 g/mol. The highest BCUT2D eigenvalue weighted by atomic mass is 32.2. The molecular formula is C10H19N3O2S. The van der Waals surface area contributed by atoms with Crippen LogP contribution in [-0.2, 0) is 16.2 Å². The second-order valence-electron chi connectivity index (χ2n) is 4.64. The van der Waals surface area contributed by atoms with E-state index < -0.39 is 11.4 Å². The van der Waals surface area contributed by atoms with Gasteiger partial charge >= 0.3 is 0 Å². The predicted octanol–water partition coefficient (Wildman–Crippen LogP) is -0.696. The first-order valence-electron chi connectivity index (χ1n) is 5.72. The lowest BCUT2D eigenvalue weighted by Crippen LogP contribution is -2.62. The van der Waals surface area contributed by atoms with E-state index in [0.717, 1.165) is 39.0 Å². The topological polar surface area (TPSA) is 72.6 Å². The van der Waals surface area contributed by atoms with E-state index in [2.05, 4.69) is 4.90 Å². The number of rotatable bonds is 2. The second-order valence-corrected chi connectivity index (χ2v) is 5.97. The van der Waals surface area contributed by atoms with E-state index in [4.69, 9.17) is 5.14 Å². The Balaban J connectivity index is 1.73. The van der Waals surface area contributed by atoms with Crippen molar-refractivity contribution in [2.24, 2.45) is 5.14 Å². The molecule has 1 amide bonds. The molecule has 0 spiro atoms. The van der Waals surface area contributed by atoms with E-state index in [9.17, 15) is 9.35 Å². The van der Waals surface area contributed by atoms with Gasteiger partial charge in [-0.25, -0.2) is 0 Å². The molecule has 5 nitrogen and oxygen atoms in total. The molecule has 2 fully saturated rings. The first kappa shape index (κ1) is 12.2. The molecule has 1 atom stereocenters. The highest BCUT2D eigenvalue weighted by Gasteiger charge is 2.36. The Hall–Kier alpha value is -0.300. The van der Waals surface area contributed by atoms with Crippen LogP contribution >= 0.6 is 0 Å². The number of piperidine rings is 1. The highest BCUT2D eigenvalue weighted by molar-refractivity contribution is 7.89. The van der Waals surface area contributed by atoms with Crippen molar-refractivity contribution >= 4 is 17.3 Å². The number of hydrogen-bond acceptors (Lipinski definition) is 4. The summed E-state index contributed by atoms with van der Waals surface area (Å²) in [6.45, 7) is 5.24. The number of amides is 1. The summed E-state index contributed by atoms with van der Waals surface area (Å²) in [5.74, 6) is 0.161. The molecular weight excluding hydrogens is 226 g/mol. The van der Waals surface area contributed by atoms with Gasteiger partial charge in [-0.3, -0.25) is 9.69 Å². The van der Waals surface area contributed by atoms with Gasteiger partial charge in [0.2, 0.25) is 5.91 Å². The maximum atomic E-state index is 11.1. The van der Waals surface area contributed by atoms with Gasteiger partial charge in [0.15, 0.2) is 0 Å². The number of carbonyl (C=O) groups is 1. The van der Waals surface area contributed by atoms with E-state index in [1.807, 2.05) is 4.90 Å². The van der Waals surface area contributed by atoms with Crippen molar-refractivity contribution in [3.05, 3.63) is 0 Å². The molecule has 2 aliphatic heterocycles. The SMILES string of the molecule is CC(=O)N1CC(N2CCC([S+](N)[O-])CC2)C1. The quantitative estimate of drug-likeness (QED) is 0.653. The first-order valence-corrected chi connectivity index (χ1v) is 7.00. The summed E-state index contributed by atoms with van der Waals surface area (Å²) < 4.78 is 11.1. The van der Waals surface area contributed by atoms with Crippen LogP contribution in [-0.4, -0.2) is 57.7 Å². The highest BCUT2D eigenvalue weighted by Crippen LogP contribution is 2.22.